The lowest BCUT2D eigenvalue weighted by Crippen LogP contribution is -2.23. The maximum atomic E-state index is 12.8. The Morgan fingerprint density at radius 3 is 2.61 bits per heavy atom. The average Bonchev–Trinajstić information content (AvgIpc) is 3.37. The third-order valence-electron chi connectivity index (χ3n) is 5.13. The fourth-order valence-corrected chi connectivity index (χ4v) is 4.97. The summed E-state index contributed by atoms with van der Waals surface area (Å²) in [5.41, 5.74) is 1.74. The summed E-state index contributed by atoms with van der Waals surface area (Å²) in [4.78, 5) is 26.6. The molecule has 1 fully saturated rings. The number of hydrogen-bond donors (Lipinski definition) is 1. The molecule has 31 heavy (non-hydrogen) atoms. The zero-order valence-corrected chi connectivity index (χ0v) is 17.6. The Kier molecular flexibility index (Phi) is 5.90. The van der Waals surface area contributed by atoms with Crippen molar-refractivity contribution in [3.63, 3.8) is 0 Å². The molecular formula is C23H22N2O5S. The van der Waals surface area contributed by atoms with Crippen molar-refractivity contribution in [2.45, 2.75) is 30.0 Å². The monoisotopic (exact) mass is 438 g/mol. The van der Waals surface area contributed by atoms with E-state index in [9.17, 15) is 18.0 Å². The molecule has 7 nitrogen and oxygen atoms in total. The van der Waals surface area contributed by atoms with Gasteiger partial charge in [-0.3, -0.25) is 9.59 Å². The Morgan fingerprint density at radius 2 is 1.87 bits per heavy atom. The van der Waals surface area contributed by atoms with E-state index in [0.717, 1.165) is 18.5 Å². The van der Waals surface area contributed by atoms with E-state index in [1.165, 1.54) is 24.5 Å². The number of benzene rings is 2. The first-order valence-corrected chi connectivity index (χ1v) is 11.6. The summed E-state index contributed by atoms with van der Waals surface area (Å²) < 4.78 is 30.6. The molecule has 160 valence electrons. The summed E-state index contributed by atoms with van der Waals surface area (Å²) >= 11 is 0. The van der Waals surface area contributed by atoms with Gasteiger partial charge >= 0.3 is 0 Å². The summed E-state index contributed by atoms with van der Waals surface area (Å²) in [6.45, 7) is 1.23. The molecule has 2 heterocycles. The number of nitrogens with zero attached hydrogens (tertiary/aromatic N) is 1. The number of likely N-dealkylation sites (tertiary alicyclic amines) is 1. The van der Waals surface area contributed by atoms with Crippen LogP contribution in [0.25, 0.3) is 0 Å². The van der Waals surface area contributed by atoms with E-state index in [-0.39, 0.29) is 22.3 Å². The zero-order valence-electron chi connectivity index (χ0n) is 16.8. The van der Waals surface area contributed by atoms with Crippen molar-refractivity contribution in [1.29, 1.82) is 0 Å². The van der Waals surface area contributed by atoms with Crippen LogP contribution in [-0.4, -0.2) is 31.7 Å². The maximum absolute atomic E-state index is 12.8. The van der Waals surface area contributed by atoms with E-state index in [4.69, 9.17) is 4.42 Å². The number of carbonyl (C=O) groups is 2. The van der Waals surface area contributed by atoms with Crippen LogP contribution in [-0.2, 0) is 26.9 Å². The first kappa shape index (κ1) is 20.9. The molecule has 0 aliphatic carbocycles. The van der Waals surface area contributed by atoms with Gasteiger partial charge < -0.3 is 14.6 Å². The maximum Gasteiger partial charge on any atom is 0.291 e. The average molecular weight is 439 g/mol. The van der Waals surface area contributed by atoms with Gasteiger partial charge in [-0.25, -0.2) is 8.42 Å². The van der Waals surface area contributed by atoms with E-state index in [0.29, 0.717) is 24.2 Å². The predicted octanol–water partition coefficient (Wildman–Crippen LogP) is 3.63. The van der Waals surface area contributed by atoms with Gasteiger partial charge in [0.2, 0.25) is 5.91 Å². The van der Waals surface area contributed by atoms with Crippen LogP contribution < -0.4 is 5.32 Å². The number of amides is 2. The van der Waals surface area contributed by atoms with Crippen molar-refractivity contribution in [3.05, 3.63) is 83.8 Å². The molecule has 1 saturated heterocycles. The van der Waals surface area contributed by atoms with E-state index in [1.54, 1.807) is 41.3 Å². The van der Waals surface area contributed by atoms with Crippen LogP contribution in [0.1, 0.15) is 34.5 Å². The molecule has 1 aliphatic rings. The van der Waals surface area contributed by atoms with Crippen LogP contribution in [0.15, 0.2) is 76.2 Å². The van der Waals surface area contributed by atoms with Gasteiger partial charge in [0, 0.05) is 30.8 Å². The highest BCUT2D eigenvalue weighted by Gasteiger charge is 2.23. The Labute approximate surface area is 180 Å². The summed E-state index contributed by atoms with van der Waals surface area (Å²) in [7, 11) is -3.61. The van der Waals surface area contributed by atoms with Crippen LogP contribution in [0.3, 0.4) is 0 Å². The van der Waals surface area contributed by atoms with Crippen LogP contribution in [0, 0.1) is 0 Å². The normalized spacial score (nSPS) is 14.1. The van der Waals surface area contributed by atoms with Gasteiger partial charge in [-0.05, 0) is 42.3 Å². The molecule has 0 spiro atoms. The summed E-state index contributed by atoms with van der Waals surface area (Å²) in [6.07, 6.45) is 2.74. The highest BCUT2D eigenvalue weighted by Crippen LogP contribution is 2.22. The SMILES string of the molecule is O=C(Nc1cccc(CN2CCCC2=O)c1)c1occc1CS(=O)(=O)c1ccccc1. The van der Waals surface area contributed by atoms with Crippen molar-refractivity contribution in [2.24, 2.45) is 0 Å². The van der Waals surface area contributed by atoms with E-state index in [1.807, 2.05) is 6.07 Å². The fraction of sp³-hybridized carbons (Fsp3) is 0.217. The quantitative estimate of drug-likeness (QED) is 0.608. The molecule has 0 unspecified atom stereocenters. The molecule has 1 aromatic heterocycles. The lowest BCUT2D eigenvalue weighted by Gasteiger charge is -2.16. The number of carbonyl (C=O) groups excluding carboxylic acids is 2. The number of sulfone groups is 1. The second-order valence-electron chi connectivity index (χ2n) is 7.42. The molecule has 0 bridgehead atoms. The number of nitrogens with one attached hydrogen (secondary N) is 1. The molecule has 0 atom stereocenters. The highest BCUT2D eigenvalue weighted by molar-refractivity contribution is 7.90. The fourth-order valence-electron chi connectivity index (χ4n) is 3.59. The highest BCUT2D eigenvalue weighted by atomic mass is 32.2. The predicted molar refractivity (Wildman–Crippen MR) is 115 cm³/mol. The van der Waals surface area contributed by atoms with Crippen molar-refractivity contribution in [2.75, 3.05) is 11.9 Å². The van der Waals surface area contributed by atoms with Gasteiger partial charge in [0.25, 0.3) is 5.91 Å². The van der Waals surface area contributed by atoms with Gasteiger partial charge in [-0.2, -0.15) is 0 Å². The molecule has 3 aromatic rings. The smallest absolute Gasteiger partial charge is 0.291 e. The summed E-state index contributed by atoms with van der Waals surface area (Å²) in [5.74, 6) is -0.778. The van der Waals surface area contributed by atoms with Gasteiger partial charge in [-0.15, -0.1) is 0 Å². The third-order valence-corrected chi connectivity index (χ3v) is 6.81. The number of anilines is 1. The van der Waals surface area contributed by atoms with Gasteiger partial charge in [0.1, 0.15) is 0 Å². The second kappa shape index (κ2) is 8.77. The molecule has 4 rings (SSSR count). The van der Waals surface area contributed by atoms with Crippen molar-refractivity contribution >= 4 is 27.3 Å². The van der Waals surface area contributed by atoms with Crippen LogP contribution in [0.5, 0.6) is 0 Å². The van der Waals surface area contributed by atoms with Gasteiger partial charge in [-0.1, -0.05) is 30.3 Å². The first-order chi connectivity index (χ1) is 14.9. The molecule has 0 radical (unpaired) electrons. The minimum atomic E-state index is -3.61. The Bertz CT molecular complexity index is 1200. The van der Waals surface area contributed by atoms with Gasteiger partial charge in [0.05, 0.1) is 16.9 Å². The summed E-state index contributed by atoms with van der Waals surface area (Å²) in [5, 5.41) is 2.76. The lowest BCUT2D eigenvalue weighted by atomic mass is 10.2. The van der Waals surface area contributed by atoms with Gasteiger partial charge in [0.15, 0.2) is 15.6 Å². The van der Waals surface area contributed by atoms with Crippen LogP contribution in [0.4, 0.5) is 5.69 Å². The minimum absolute atomic E-state index is 0.0420. The van der Waals surface area contributed by atoms with Crippen molar-refractivity contribution < 1.29 is 22.4 Å². The third kappa shape index (κ3) is 4.86. The number of furan rings is 1. The van der Waals surface area contributed by atoms with Crippen LogP contribution in [0.2, 0.25) is 0 Å². The Hall–Kier alpha value is -3.39. The van der Waals surface area contributed by atoms with Crippen molar-refractivity contribution in [3.8, 4) is 0 Å². The molecule has 2 aromatic carbocycles. The Balaban J connectivity index is 1.47. The number of hydrogen-bond acceptors (Lipinski definition) is 5. The van der Waals surface area contributed by atoms with E-state index < -0.39 is 15.7 Å². The molecular weight excluding hydrogens is 416 g/mol. The first-order valence-electron chi connectivity index (χ1n) is 9.94. The van der Waals surface area contributed by atoms with E-state index >= 15 is 0 Å². The Morgan fingerprint density at radius 1 is 1.06 bits per heavy atom. The largest absolute Gasteiger partial charge is 0.459 e. The van der Waals surface area contributed by atoms with Crippen LogP contribution >= 0.6 is 0 Å². The second-order valence-corrected chi connectivity index (χ2v) is 9.41. The molecule has 0 saturated carbocycles. The standard InChI is InChI=1S/C23H22N2O5S/c26-21-10-5-12-25(21)15-17-6-4-7-19(14-17)24-23(27)22-18(11-13-30-22)16-31(28,29)20-8-2-1-3-9-20/h1-4,6-9,11,13-14H,5,10,12,15-16H2,(H,24,27). The number of rotatable bonds is 7. The lowest BCUT2D eigenvalue weighted by molar-refractivity contribution is -0.128. The van der Waals surface area contributed by atoms with Crippen molar-refractivity contribution in [1.82, 2.24) is 4.90 Å². The van der Waals surface area contributed by atoms with E-state index in [2.05, 4.69) is 5.32 Å². The molecule has 8 heteroatoms. The molecule has 1 N–H and O–H groups in total. The molecule has 2 amide bonds. The summed E-state index contributed by atoms with van der Waals surface area (Å²) in [6, 6.07) is 16.8. The molecule has 1 aliphatic heterocycles. The topological polar surface area (TPSA) is 96.7 Å². The minimum Gasteiger partial charge on any atom is -0.459 e. The zero-order chi connectivity index (χ0) is 21.8.